The van der Waals surface area contributed by atoms with Crippen molar-refractivity contribution >= 4 is 11.7 Å². The van der Waals surface area contributed by atoms with E-state index in [0.29, 0.717) is 22.7 Å². The number of amides is 1. The van der Waals surface area contributed by atoms with Crippen molar-refractivity contribution in [2.45, 2.75) is 25.2 Å². The topological polar surface area (TPSA) is 63.4 Å². The smallest absolute Gasteiger partial charge is 0.266 e. The molecule has 1 aliphatic rings. The summed E-state index contributed by atoms with van der Waals surface area (Å²) in [6.07, 6.45) is 0.992. The number of carbonyl (C=O) groups excluding carboxylic acids is 1. The van der Waals surface area contributed by atoms with Gasteiger partial charge in [0.05, 0.1) is 12.2 Å². The van der Waals surface area contributed by atoms with Crippen LogP contribution >= 0.6 is 0 Å². The molecule has 3 heterocycles. The van der Waals surface area contributed by atoms with Gasteiger partial charge in [-0.1, -0.05) is 42.5 Å². The van der Waals surface area contributed by atoms with E-state index in [1.54, 1.807) is 25.1 Å². The molecule has 0 radical (unpaired) electrons. The van der Waals surface area contributed by atoms with Crippen LogP contribution in [0, 0.1) is 6.92 Å². The third-order valence-corrected chi connectivity index (χ3v) is 5.76. The molecule has 0 spiro atoms. The Morgan fingerprint density at radius 1 is 1.06 bits per heavy atom. The number of likely N-dealkylation sites (tertiary alicyclic amines) is 1. The number of piperidine rings is 1. The van der Waals surface area contributed by atoms with Gasteiger partial charge < -0.3 is 4.90 Å². The fraction of sp³-hybridized carbons (Fsp3) is 0.250. The minimum Gasteiger partial charge on any atom is -0.332 e. The highest BCUT2D eigenvalue weighted by Crippen LogP contribution is 2.37. The molecule has 2 aromatic heterocycles. The standard InChI is InChI=1S/C24H21F2N5O/c1-16-11-21(31-23(29-16)27-15-28-31)20-12-24(25,26)14-30(13-20)22(32)19-9-7-18(8-10-19)17-5-3-2-4-6-17/h2-11,15,20H,12-14H2,1H3. The molecule has 0 aliphatic carbocycles. The van der Waals surface area contributed by atoms with E-state index < -0.39 is 24.3 Å². The Balaban J connectivity index is 1.43. The Morgan fingerprint density at radius 3 is 2.53 bits per heavy atom. The molecule has 1 amide bonds. The molecule has 0 N–H and O–H groups in total. The number of benzene rings is 2. The van der Waals surface area contributed by atoms with Crippen LogP contribution in [0.3, 0.4) is 0 Å². The van der Waals surface area contributed by atoms with E-state index >= 15 is 0 Å². The SMILES string of the molecule is Cc1cc(C2CN(C(=O)c3ccc(-c4ccccc4)cc3)CC(F)(F)C2)n2ncnc2n1. The molecule has 1 atom stereocenters. The van der Waals surface area contributed by atoms with Crippen molar-refractivity contribution in [1.29, 1.82) is 0 Å². The number of aryl methyl sites for hydroxylation is 1. The van der Waals surface area contributed by atoms with Gasteiger partial charge in [0.1, 0.15) is 6.33 Å². The summed E-state index contributed by atoms with van der Waals surface area (Å²) in [5.41, 5.74) is 3.63. The van der Waals surface area contributed by atoms with E-state index in [-0.39, 0.29) is 13.0 Å². The van der Waals surface area contributed by atoms with Crippen molar-refractivity contribution in [1.82, 2.24) is 24.5 Å². The number of halogens is 2. The fourth-order valence-corrected chi connectivity index (χ4v) is 4.32. The van der Waals surface area contributed by atoms with Crippen LogP contribution in [0.5, 0.6) is 0 Å². The van der Waals surface area contributed by atoms with E-state index in [0.717, 1.165) is 11.1 Å². The van der Waals surface area contributed by atoms with Crippen molar-refractivity contribution in [3.05, 3.63) is 83.9 Å². The quantitative estimate of drug-likeness (QED) is 0.482. The zero-order chi connectivity index (χ0) is 22.3. The Hall–Kier alpha value is -3.68. The monoisotopic (exact) mass is 433 g/mol. The molecule has 8 heteroatoms. The number of carbonyl (C=O) groups is 1. The molecule has 6 nitrogen and oxygen atoms in total. The average molecular weight is 433 g/mol. The van der Waals surface area contributed by atoms with Gasteiger partial charge in [-0.25, -0.2) is 18.3 Å². The molecule has 32 heavy (non-hydrogen) atoms. The molecule has 5 rings (SSSR count). The summed E-state index contributed by atoms with van der Waals surface area (Å²) in [7, 11) is 0. The predicted molar refractivity (Wildman–Crippen MR) is 116 cm³/mol. The lowest BCUT2D eigenvalue weighted by atomic mass is 9.91. The van der Waals surface area contributed by atoms with Crippen molar-refractivity contribution in [3.63, 3.8) is 0 Å². The molecule has 4 aromatic rings. The number of rotatable bonds is 3. The normalized spacial score (nSPS) is 18.1. The summed E-state index contributed by atoms with van der Waals surface area (Å²) < 4.78 is 30.9. The second-order valence-corrected chi connectivity index (χ2v) is 8.18. The van der Waals surface area contributed by atoms with Gasteiger partial charge in [0, 0.05) is 30.1 Å². The Labute approximate surface area is 183 Å². The van der Waals surface area contributed by atoms with Crippen LogP contribution in [0.1, 0.15) is 34.1 Å². The first-order chi connectivity index (χ1) is 15.4. The van der Waals surface area contributed by atoms with Gasteiger partial charge in [0.2, 0.25) is 0 Å². The van der Waals surface area contributed by atoms with Gasteiger partial charge in [0.25, 0.3) is 17.6 Å². The van der Waals surface area contributed by atoms with E-state index in [1.807, 2.05) is 42.5 Å². The van der Waals surface area contributed by atoms with E-state index in [4.69, 9.17) is 0 Å². The van der Waals surface area contributed by atoms with Crippen molar-refractivity contribution in [3.8, 4) is 11.1 Å². The average Bonchev–Trinajstić information content (AvgIpc) is 3.26. The molecule has 1 aliphatic heterocycles. The summed E-state index contributed by atoms with van der Waals surface area (Å²) in [6.45, 7) is 1.36. The maximum Gasteiger partial charge on any atom is 0.266 e. The van der Waals surface area contributed by atoms with Crippen LogP contribution in [-0.4, -0.2) is 49.4 Å². The van der Waals surface area contributed by atoms with Crippen LogP contribution in [0.4, 0.5) is 8.78 Å². The largest absolute Gasteiger partial charge is 0.332 e. The highest BCUT2D eigenvalue weighted by Gasteiger charge is 2.43. The zero-order valence-corrected chi connectivity index (χ0v) is 17.4. The molecular weight excluding hydrogens is 412 g/mol. The number of alkyl halides is 2. The number of fused-ring (bicyclic) bond motifs is 1. The third kappa shape index (κ3) is 3.84. The van der Waals surface area contributed by atoms with Crippen LogP contribution in [0.15, 0.2) is 67.0 Å². The van der Waals surface area contributed by atoms with Crippen LogP contribution in [0.25, 0.3) is 16.9 Å². The summed E-state index contributed by atoms with van der Waals surface area (Å²) >= 11 is 0. The van der Waals surface area contributed by atoms with E-state index in [9.17, 15) is 13.6 Å². The first kappa shape index (κ1) is 20.2. The first-order valence-corrected chi connectivity index (χ1v) is 10.4. The van der Waals surface area contributed by atoms with Gasteiger partial charge in [-0.2, -0.15) is 10.1 Å². The molecule has 1 fully saturated rings. The summed E-state index contributed by atoms with van der Waals surface area (Å²) in [5, 5.41) is 4.14. The molecule has 162 valence electrons. The lowest BCUT2D eigenvalue weighted by Crippen LogP contribution is -2.49. The van der Waals surface area contributed by atoms with E-state index in [1.165, 1.54) is 15.7 Å². The molecule has 1 saturated heterocycles. The lowest BCUT2D eigenvalue weighted by Gasteiger charge is -2.37. The second-order valence-electron chi connectivity index (χ2n) is 8.18. The van der Waals surface area contributed by atoms with Gasteiger partial charge in [-0.15, -0.1) is 0 Å². The van der Waals surface area contributed by atoms with Gasteiger partial charge in [0.15, 0.2) is 0 Å². The number of aromatic nitrogens is 4. The number of hydrogen-bond acceptors (Lipinski definition) is 4. The maximum atomic E-state index is 14.7. The minimum atomic E-state index is -3.01. The van der Waals surface area contributed by atoms with Gasteiger partial charge in [-0.05, 0) is 36.2 Å². The molecule has 1 unspecified atom stereocenters. The van der Waals surface area contributed by atoms with Crippen molar-refractivity contribution in [2.24, 2.45) is 0 Å². The Kier molecular flexibility index (Phi) is 4.92. The van der Waals surface area contributed by atoms with Crippen LogP contribution in [-0.2, 0) is 0 Å². The predicted octanol–water partition coefficient (Wildman–Crippen LogP) is 4.36. The van der Waals surface area contributed by atoms with Crippen molar-refractivity contribution in [2.75, 3.05) is 13.1 Å². The highest BCUT2D eigenvalue weighted by molar-refractivity contribution is 5.95. The van der Waals surface area contributed by atoms with Gasteiger partial charge >= 0.3 is 0 Å². The van der Waals surface area contributed by atoms with Crippen LogP contribution < -0.4 is 0 Å². The third-order valence-electron chi connectivity index (χ3n) is 5.76. The summed E-state index contributed by atoms with van der Waals surface area (Å²) in [5.74, 6) is -3.64. The number of hydrogen-bond donors (Lipinski definition) is 0. The molecular formula is C24H21F2N5O. The lowest BCUT2D eigenvalue weighted by molar-refractivity contribution is -0.0641. The molecule has 0 bridgehead atoms. The summed E-state index contributed by atoms with van der Waals surface area (Å²) in [6, 6.07) is 18.6. The second kappa shape index (κ2) is 7.78. The summed E-state index contributed by atoms with van der Waals surface area (Å²) in [4.78, 5) is 22.7. The molecule has 0 saturated carbocycles. The van der Waals surface area contributed by atoms with Crippen molar-refractivity contribution < 1.29 is 13.6 Å². The molecule has 2 aromatic carbocycles. The number of nitrogens with zero attached hydrogens (tertiary/aromatic N) is 5. The minimum absolute atomic E-state index is 0.174. The Morgan fingerprint density at radius 2 is 1.78 bits per heavy atom. The fourth-order valence-electron chi connectivity index (χ4n) is 4.32. The Bertz CT molecular complexity index is 1270. The van der Waals surface area contributed by atoms with Gasteiger partial charge in [-0.3, -0.25) is 4.79 Å². The van der Waals surface area contributed by atoms with Crippen LogP contribution in [0.2, 0.25) is 0 Å². The van der Waals surface area contributed by atoms with E-state index in [2.05, 4.69) is 15.1 Å². The highest BCUT2D eigenvalue weighted by atomic mass is 19.3. The first-order valence-electron chi connectivity index (χ1n) is 10.4. The maximum absolute atomic E-state index is 14.7. The zero-order valence-electron chi connectivity index (χ0n) is 17.4.